The van der Waals surface area contributed by atoms with Gasteiger partial charge in [-0.3, -0.25) is 4.79 Å². The molecular weight excluding hydrogens is 320 g/mol. The minimum atomic E-state index is -1.31. The first-order valence-corrected chi connectivity index (χ1v) is 8.87. The van der Waals surface area contributed by atoms with Crippen molar-refractivity contribution in [2.24, 2.45) is 11.3 Å². The highest BCUT2D eigenvalue weighted by molar-refractivity contribution is 5.98. The Hall–Kier alpha value is -1.46. The largest absolute Gasteiger partial charge is 0.456 e. The number of esters is 1. The van der Waals surface area contributed by atoms with E-state index in [0.29, 0.717) is 24.0 Å². The number of fused-ring (bicyclic) bond motifs is 1. The Balaban J connectivity index is 2.39. The van der Waals surface area contributed by atoms with Crippen molar-refractivity contribution in [3.05, 3.63) is 23.3 Å². The molecular formula is C20H30O5. The van der Waals surface area contributed by atoms with Gasteiger partial charge in [0.25, 0.3) is 0 Å². The molecule has 2 aliphatic rings. The van der Waals surface area contributed by atoms with E-state index in [0.717, 1.165) is 0 Å². The summed E-state index contributed by atoms with van der Waals surface area (Å²) in [5.74, 6) is -0.895. The molecule has 5 nitrogen and oxygen atoms in total. The van der Waals surface area contributed by atoms with E-state index in [1.807, 2.05) is 6.92 Å². The second kappa shape index (κ2) is 6.36. The summed E-state index contributed by atoms with van der Waals surface area (Å²) in [5, 5.41) is 21.5. The molecule has 0 unspecified atom stereocenters. The van der Waals surface area contributed by atoms with Crippen LogP contribution in [0.1, 0.15) is 60.8 Å². The first kappa shape index (κ1) is 19.9. The maximum atomic E-state index is 12.5. The molecule has 2 N–H and O–H groups in total. The van der Waals surface area contributed by atoms with Crippen molar-refractivity contribution in [1.29, 1.82) is 0 Å². The lowest BCUT2D eigenvalue weighted by Crippen LogP contribution is -2.59. The number of carbonyl (C=O) groups excluding carboxylic acids is 2. The monoisotopic (exact) mass is 350 g/mol. The molecule has 0 amide bonds. The van der Waals surface area contributed by atoms with Gasteiger partial charge in [-0.2, -0.15) is 0 Å². The van der Waals surface area contributed by atoms with Crippen LogP contribution in [-0.4, -0.2) is 39.3 Å². The first-order chi connectivity index (χ1) is 11.3. The van der Waals surface area contributed by atoms with E-state index in [1.165, 1.54) is 0 Å². The summed E-state index contributed by atoms with van der Waals surface area (Å²) in [4.78, 5) is 24.6. The van der Waals surface area contributed by atoms with Crippen LogP contribution < -0.4 is 0 Å². The summed E-state index contributed by atoms with van der Waals surface area (Å²) in [5.41, 5.74) is -2.16. The predicted octanol–water partition coefficient (Wildman–Crippen LogP) is 2.70. The molecule has 0 aromatic heterocycles. The van der Waals surface area contributed by atoms with Crippen LogP contribution in [0.3, 0.4) is 0 Å². The van der Waals surface area contributed by atoms with Gasteiger partial charge in [0, 0.05) is 23.5 Å². The molecule has 4 atom stereocenters. The van der Waals surface area contributed by atoms with Crippen molar-refractivity contribution < 1.29 is 24.5 Å². The maximum Gasteiger partial charge on any atom is 0.333 e. The fraction of sp³-hybridized carbons (Fsp3) is 0.700. The van der Waals surface area contributed by atoms with E-state index in [-0.39, 0.29) is 18.1 Å². The number of hydrogen-bond donors (Lipinski definition) is 2. The summed E-state index contributed by atoms with van der Waals surface area (Å²) in [6, 6.07) is 0. The number of hydrogen-bond acceptors (Lipinski definition) is 5. The van der Waals surface area contributed by atoms with E-state index < -0.39 is 28.7 Å². The van der Waals surface area contributed by atoms with Gasteiger partial charge in [0.2, 0.25) is 0 Å². The lowest BCUT2D eigenvalue weighted by atomic mass is 9.54. The van der Waals surface area contributed by atoms with Gasteiger partial charge in [-0.1, -0.05) is 19.1 Å². The molecule has 0 aliphatic heterocycles. The Labute approximate surface area is 149 Å². The minimum Gasteiger partial charge on any atom is -0.456 e. The number of ether oxygens (including phenoxy) is 1. The molecule has 0 aromatic rings. The molecule has 5 heteroatoms. The molecule has 0 radical (unpaired) electrons. The van der Waals surface area contributed by atoms with Gasteiger partial charge in [0.15, 0.2) is 5.78 Å². The zero-order valence-corrected chi connectivity index (χ0v) is 16.0. The zero-order chi connectivity index (χ0) is 19.2. The highest BCUT2D eigenvalue weighted by Crippen LogP contribution is 2.53. The van der Waals surface area contributed by atoms with E-state index in [1.54, 1.807) is 46.8 Å². The van der Waals surface area contributed by atoms with Crippen LogP contribution >= 0.6 is 0 Å². The third kappa shape index (κ3) is 3.58. The van der Waals surface area contributed by atoms with Crippen LogP contribution in [-0.2, 0) is 14.3 Å². The van der Waals surface area contributed by atoms with Crippen LogP contribution in [0, 0.1) is 11.3 Å². The zero-order valence-electron chi connectivity index (χ0n) is 16.0. The second-order valence-corrected chi connectivity index (χ2v) is 8.50. The van der Waals surface area contributed by atoms with E-state index in [2.05, 4.69) is 0 Å². The van der Waals surface area contributed by atoms with Crippen molar-refractivity contribution in [1.82, 2.24) is 0 Å². The highest BCUT2D eigenvalue weighted by Gasteiger charge is 2.56. The Morgan fingerprint density at radius 2 is 2.00 bits per heavy atom. The van der Waals surface area contributed by atoms with Crippen LogP contribution in [0.25, 0.3) is 0 Å². The van der Waals surface area contributed by atoms with Crippen molar-refractivity contribution >= 4 is 11.8 Å². The molecule has 25 heavy (non-hydrogen) atoms. The number of ketones is 1. The maximum absolute atomic E-state index is 12.5. The molecule has 140 valence electrons. The Morgan fingerprint density at radius 1 is 1.40 bits per heavy atom. The molecule has 0 heterocycles. The van der Waals surface area contributed by atoms with Crippen molar-refractivity contribution in [3.63, 3.8) is 0 Å². The van der Waals surface area contributed by atoms with Crippen LogP contribution in [0.4, 0.5) is 0 Å². The Morgan fingerprint density at radius 3 is 2.52 bits per heavy atom. The predicted molar refractivity (Wildman–Crippen MR) is 94.8 cm³/mol. The van der Waals surface area contributed by atoms with Gasteiger partial charge in [0.05, 0.1) is 5.60 Å². The van der Waals surface area contributed by atoms with Crippen molar-refractivity contribution in [2.75, 3.05) is 0 Å². The number of aliphatic hydroxyl groups is 2. The third-order valence-corrected chi connectivity index (χ3v) is 5.87. The average Bonchev–Trinajstić information content (AvgIpc) is 2.47. The fourth-order valence-electron chi connectivity index (χ4n) is 4.17. The smallest absolute Gasteiger partial charge is 0.333 e. The van der Waals surface area contributed by atoms with Crippen molar-refractivity contribution in [2.45, 2.75) is 78.1 Å². The molecule has 1 saturated carbocycles. The fourth-order valence-corrected chi connectivity index (χ4v) is 4.17. The van der Waals surface area contributed by atoms with Crippen LogP contribution in [0.2, 0.25) is 0 Å². The number of carbonyl (C=O) groups is 2. The summed E-state index contributed by atoms with van der Waals surface area (Å²) in [6.07, 6.45) is 4.17. The van der Waals surface area contributed by atoms with Crippen LogP contribution in [0.15, 0.2) is 23.3 Å². The van der Waals surface area contributed by atoms with E-state index in [9.17, 15) is 19.8 Å². The van der Waals surface area contributed by atoms with Gasteiger partial charge in [-0.05, 0) is 52.9 Å². The van der Waals surface area contributed by atoms with Gasteiger partial charge in [-0.25, -0.2) is 4.79 Å². The highest BCUT2D eigenvalue weighted by atomic mass is 16.6. The average molecular weight is 350 g/mol. The summed E-state index contributed by atoms with van der Waals surface area (Å²) < 4.78 is 5.57. The second-order valence-electron chi connectivity index (χ2n) is 8.50. The van der Waals surface area contributed by atoms with Gasteiger partial charge >= 0.3 is 5.97 Å². The molecule has 0 aromatic carbocycles. The van der Waals surface area contributed by atoms with Gasteiger partial charge < -0.3 is 14.9 Å². The lowest BCUT2D eigenvalue weighted by Gasteiger charge is -2.53. The van der Waals surface area contributed by atoms with E-state index in [4.69, 9.17) is 4.74 Å². The van der Waals surface area contributed by atoms with Gasteiger partial charge in [-0.15, -0.1) is 0 Å². The molecule has 2 aliphatic carbocycles. The standard InChI is InChI=1S/C20H30O5/c1-7-12(2)17(22)25-16-8-9-19(5)11-14(21)13(18(3,4)23)10-15(19)20(16,6)24/h7,10,15-16,23-24H,8-9,11H2,1-6H3/b12-7-/t15-,16-,19-,20+/m1/s1. The Bertz CT molecular complexity index is 635. The summed E-state index contributed by atoms with van der Waals surface area (Å²) in [6.45, 7) is 10.2. The summed E-state index contributed by atoms with van der Waals surface area (Å²) in [7, 11) is 0. The number of rotatable bonds is 3. The normalized spacial score (nSPS) is 36.6. The van der Waals surface area contributed by atoms with Crippen molar-refractivity contribution in [3.8, 4) is 0 Å². The van der Waals surface area contributed by atoms with E-state index >= 15 is 0 Å². The third-order valence-electron chi connectivity index (χ3n) is 5.87. The summed E-state index contributed by atoms with van der Waals surface area (Å²) >= 11 is 0. The SMILES string of the molecule is C/C=C(/C)C(=O)O[C@@H]1CC[C@]2(C)CC(=O)C(C(C)(C)O)=C[C@H]2[C@]1(C)O. The van der Waals surface area contributed by atoms with Crippen LogP contribution in [0.5, 0.6) is 0 Å². The topological polar surface area (TPSA) is 83.8 Å². The number of Topliss-reactive ketones (excluding diaryl/α,β-unsaturated/α-hetero) is 1. The van der Waals surface area contributed by atoms with Gasteiger partial charge in [0.1, 0.15) is 11.7 Å². The molecule has 0 spiro atoms. The first-order valence-electron chi connectivity index (χ1n) is 8.87. The molecule has 0 bridgehead atoms. The number of allylic oxidation sites excluding steroid dienone is 1. The minimum absolute atomic E-state index is 0.0812. The molecule has 0 saturated heterocycles. The Kier molecular flexibility index (Phi) is 5.05. The molecule has 1 fully saturated rings. The molecule has 2 rings (SSSR count). The quantitative estimate of drug-likeness (QED) is 0.604. The lowest BCUT2D eigenvalue weighted by molar-refractivity contribution is -0.188.